The van der Waals surface area contributed by atoms with E-state index in [1.807, 2.05) is 54.2 Å². The van der Waals surface area contributed by atoms with Gasteiger partial charge < -0.3 is 15.0 Å². The number of likely N-dealkylation sites (tertiary alicyclic amines) is 1. The Morgan fingerprint density at radius 1 is 1.37 bits per heavy atom. The Morgan fingerprint density at radius 3 is 2.86 bits per heavy atom. The quantitative estimate of drug-likeness (QED) is 0.525. The molecule has 0 radical (unpaired) electrons. The molecule has 1 amide bonds. The molecular weight excluding hydrogens is 482 g/mol. The molecule has 2 fully saturated rings. The summed E-state index contributed by atoms with van der Waals surface area (Å²) in [5, 5.41) is 8.47. The number of imidazole rings is 1. The minimum Gasteiger partial charge on any atom is -0.444 e. The van der Waals surface area contributed by atoms with Gasteiger partial charge >= 0.3 is 6.09 Å². The number of hydrogen-bond acceptors (Lipinski definition) is 6. The first-order chi connectivity index (χ1) is 16.5. The molecule has 35 heavy (non-hydrogen) atoms. The molecule has 4 heterocycles. The van der Waals surface area contributed by atoms with Crippen LogP contribution in [0.15, 0.2) is 18.6 Å². The lowest BCUT2D eigenvalue weighted by atomic mass is 10.0. The predicted molar refractivity (Wildman–Crippen MR) is 140 cm³/mol. The summed E-state index contributed by atoms with van der Waals surface area (Å²) in [5.74, 6) is 1.39. The highest BCUT2D eigenvalue weighted by Crippen LogP contribution is 2.38. The third kappa shape index (κ3) is 5.04. The van der Waals surface area contributed by atoms with Crippen LogP contribution in [0.2, 0.25) is 5.15 Å². The second-order valence-corrected chi connectivity index (χ2v) is 13.5. The van der Waals surface area contributed by atoms with Crippen molar-refractivity contribution in [1.29, 1.82) is 0 Å². The SMILES string of the molecule is Cn1ncc(-c2nc(N[C@]3([SiH3])CCCN(C(=O)OC(C)(C)C)C3)c3nccn3c2Cl)c1CC1CC1. The lowest BCUT2D eigenvalue weighted by molar-refractivity contribution is 0.0191. The number of nitrogens with zero attached hydrogens (tertiary/aromatic N) is 6. The van der Waals surface area contributed by atoms with Crippen molar-refractivity contribution in [2.24, 2.45) is 13.0 Å². The summed E-state index contributed by atoms with van der Waals surface area (Å²) in [4.78, 5) is 24.1. The van der Waals surface area contributed by atoms with Crippen molar-refractivity contribution in [3.05, 3.63) is 29.4 Å². The van der Waals surface area contributed by atoms with Crippen molar-refractivity contribution >= 4 is 39.4 Å². The number of ether oxygens (including phenoxy) is 1. The number of fused-ring (bicyclic) bond motifs is 1. The van der Waals surface area contributed by atoms with Crippen LogP contribution in [0.5, 0.6) is 0 Å². The third-order valence-corrected chi connectivity index (χ3v) is 8.17. The van der Waals surface area contributed by atoms with Crippen LogP contribution in [-0.4, -0.2) is 69.2 Å². The summed E-state index contributed by atoms with van der Waals surface area (Å²) < 4.78 is 9.45. The van der Waals surface area contributed by atoms with Crippen molar-refractivity contribution in [1.82, 2.24) is 29.0 Å². The number of nitrogens with one attached hydrogen (secondary N) is 1. The Hall–Kier alpha value is -2.59. The van der Waals surface area contributed by atoms with Crippen LogP contribution < -0.4 is 5.32 Å². The van der Waals surface area contributed by atoms with Gasteiger partial charge in [-0.15, -0.1) is 0 Å². The van der Waals surface area contributed by atoms with E-state index in [0.717, 1.165) is 40.8 Å². The van der Waals surface area contributed by atoms with Crippen LogP contribution in [-0.2, 0) is 18.2 Å². The van der Waals surface area contributed by atoms with Crippen LogP contribution >= 0.6 is 11.6 Å². The smallest absolute Gasteiger partial charge is 0.410 e. The Morgan fingerprint density at radius 2 is 2.14 bits per heavy atom. The molecule has 0 aromatic carbocycles. The van der Waals surface area contributed by atoms with Crippen LogP contribution in [0.1, 0.15) is 52.1 Å². The summed E-state index contributed by atoms with van der Waals surface area (Å²) >= 11 is 6.86. The summed E-state index contributed by atoms with van der Waals surface area (Å²) in [5.41, 5.74) is 2.97. The molecule has 3 aromatic heterocycles. The van der Waals surface area contributed by atoms with Gasteiger partial charge in [0.1, 0.15) is 16.4 Å². The second-order valence-electron chi connectivity index (χ2n) is 11.2. The number of amides is 1. The first-order valence-electron chi connectivity index (χ1n) is 12.3. The molecule has 1 saturated carbocycles. The molecular formula is C24H34ClN7O2Si. The second kappa shape index (κ2) is 8.81. The van der Waals surface area contributed by atoms with Crippen LogP contribution in [0, 0.1) is 5.92 Å². The number of rotatable bonds is 5. The molecule has 2 aliphatic rings. The van der Waals surface area contributed by atoms with E-state index in [0.29, 0.717) is 41.3 Å². The largest absolute Gasteiger partial charge is 0.444 e. The molecule has 1 atom stereocenters. The maximum Gasteiger partial charge on any atom is 0.410 e. The van der Waals surface area contributed by atoms with Gasteiger partial charge in [0.2, 0.25) is 0 Å². The lowest BCUT2D eigenvalue weighted by Gasteiger charge is -2.41. The zero-order valence-corrected chi connectivity index (χ0v) is 23.9. The van der Waals surface area contributed by atoms with E-state index >= 15 is 0 Å². The third-order valence-electron chi connectivity index (χ3n) is 6.75. The zero-order valence-electron chi connectivity index (χ0n) is 21.1. The number of aromatic nitrogens is 5. The number of piperidine rings is 1. The molecule has 0 spiro atoms. The van der Waals surface area contributed by atoms with E-state index < -0.39 is 5.60 Å². The fraction of sp³-hybridized carbons (Fsp3) is 0.583. The average Bonchev–Trinajstić information content (AvgIpc) is 3.32. The summed E-state index contributed by atoms with van der Waals surface area (Å²) in [6, 6.07) is 0. The Labute approximate surface area is 213 Å². The minimum atomic E-state index is -0.521. The lowest BCUT2D eigenvalue weighted by Crippen LogP contribution is -2.56. The monoisotopic (exact) mass is 515 g/mol. The van der Waals surface area contributed by atoms with E-state index in [2.05, 4.69) is 15.4 Å². The van der Waals surface area contributed by atoms with Gasteiger partial charge in [-0.05, 0) is 58.8 Å². The zero-order chi connectivity index (χ0) is 25.0. The number of carbonyl (C=O) groups is 1. The fourth-order valence-electron chi connectivity index (χ4n) is 4.82. The number of carbonyl (C=O) groups excluding carboxylic acids is 1. The number of anilines is 1. The van der Waals surface area contributed by atoms with E-state index in [1.165, 1.54) is 12.8 Å². The van der Waals surface area contributed by atoms with Crippen LogP contribution in [0.25, 0.3) is 16.9 Å². The normalized spacial score (nSPS) is 21.0. The molecule has 1 N–H and O–H groups in total. The highest BCUT2D eigenvalue weighted by molar-refractivity contribution is 6.32. The number of halogens is 1. The topological polar surface area (TPSA) is 89.6 Å². The average molecular weight is 516 g/mol. The molecule has 5 rings (SSSR count). The molecule has 0 unspecified atom stereocenters. The van der Waals surface area contributed by atoms with Crippen molar-refractivity contribution in [3.8, 4) is 11.3 Å². The van der Waals surface area contributed by atoms with Gasteiger partial charge in [0.15, 0.2) is 11.5 Å². The molecule has 11 heteroatoms. The van der Waals surface area contributed by atoms with Crippen molar-refractivity contribution in [2.45, 2.75) is 63.6 Å². The fourth-order valence-corrected chi connectivity index (χ4v) is 6.07. The van der Waals surface area contributed by atoms with Crippen LogP contribution in [0.4, 0.5) is 10.6 Å². The molecule has 3 aromatic rings. The van der Waals surface area contributed by atoms with Crippen molar-refractivity contribution in [2.75, 3.05) is 18.4 Å². The summed E-state index contributed by atoms with van der Waals surface area (Å²) in [6.07, 6.45) is 10.5. The van der Waals surface area contributed by atoms with E-state index in [9.17, 15) is 4.79 Å². The van der Waals surface area contributed by atoms with Crippen molar-refractivity contribution < 1.29 is 9.53 Å². The highest BCUT2D eigenvalue weighted by Gasteiger charge is 2.36. The van der Waals surface area contributed by atoms with Gasteiger partial charge in [-0.1, -0.05) is 11.6 Å². The molecule has 1 aliphatic heterocycles. The number of hydrogen-bond donors (Lipinski definition) is 1. The van der Waals surface area contributed by atoms with Gasteiger partial charge in [0.05, 0.1) is 6.20 Å². The Kier molecular flexibility index (Phi) is 6.07. The highest BCUT2D eigenvalue weighted by atomic mass is 35.5. The van der Waals surface area contributed by atoms with Gasteiger partial charge in [-0.3, -0.25) is 9.08 Å². The molecule has 1 aliphatic carbocycles. The first kappa shape index (κ1) is 24.1. The molecule has 188 valence electrons. The predicted octanol–water partition coefficient (Wildman–Crippen LogP) is 3.24. The van der Waals surface area contributed by atoms with Gasteiger partial charge in [0, 0.05) is 59.2 Å². The van der Waals surface area contributed by atoms with Gasteiger partial charge in [-0.2, -0.15) is 5.10 Å². The molecule has 1 saturated heterocycles. The van der Waals surface area contributed by atoms with E-state index in [1.54, 1.807) is 6.20 Å². The molecule has 9 nitrogen and oxygen atoms in total. The number of aryl methyl sites for hydroxylation is 1. The first-order valence-corrected chi connectivity index (χ1v) is 13.7. The van der Waals surface area contributed by atoms with Gasteiger partial charge in [0.25, 0.3) is 0 Å². The Balaban J connectivity index is 1.48. The van der Waals surface area contributed by atoms with E-state index in [-0.39, 0.29) is 11.3 Å². The minimum absolute atomic E-state index is 0.258. The summed E-state index contributed by atoms with van der Waals surface area (Å²) in [7, 11) is 2.79. The standard InChI is InChI=1S/C24H34ClN7O2Si/c1-23(2,3)34-22(33)31-10-5-8-24(35,14-31)29-20-21-26-9-11-32(21)19(25)18(28-20)16-13-27-30(4)17(16)12-15-6-7-15/h9,11,13,15H,5-8,10,12,14H2,1-4,35H3,(H,28,29)/t24-/m0/s1. The Bertz CT molecular complexity index is 1260. The van der Waals surface area contributed by atoms with E-state index in [4.69, 9.17) is 21.3 Å². The summed E-state index contributed by atoms with van der Waals surface area (Å²) in [6.45, 7) is 6.95. The van der Waals surface area contributed by atoms with Crippen molar-refractivity contribution in [3.63, 3.8) is 0 Å². The van der Waals surface area contributed by atoms with Crippen LogP contribution in [0.3, 0.4) is 0 Å². The maximum atomic E-state index is 12.8. The maximum absolute atomic E-state index is 12.8. The molecule has 0 bridgehead atoms. The van der Waals surface area contributed by atoms with Gasteiger partial charge in [-0.25, -0.2) is 14.8 Å².